The highest BCUT2D eigenvalue weighted by Gasteiger charge is 2.19. The minimum atomic E-state index is -0.211. The molecular formula is C27H32N6O3S. The Morgan fingerprint density at radius 1 is 1.05 bits per heavy atom. The molecule has 0 saturated carbocycles. The van der Waals surface area contributed by atoms with E-state index in [1.54, 1.807) is 27.2 Å². The number of anilines is 1. The Bertz CT molecular complexity index is 1540. The number of fused-ring (bicyclic) bond motifs is 3. The van der Waals surface area contributed by atoms with Crippen LogP contribution in [-0.2, 0) is 11.3 Å². The van der Waals surface area contributed by atoms with Gasteiger partial charge in [-0.2, -0.15) is 0 Å². The minimum absolute atomic E-state index is 0.0256. The largest absolute Gasteiger partial charge is 0.350 e. The maximum Gasteiger partial charge on any atom is 0.262 e. The molecule has 2 aromatic heterocycles. The van der Waals surface area contributed by atoms with Crippen molar-refractivity contribution in [1.29, 1.82) is 0 Å². The lowest BCUT2D eigenvalue weighted by Gasteiger charge is -2.14. The van der Waals surface area contributed by atoms with Crippen LogP contribution in [0.2, 0.25) is 0 Å². The van der Waals surface area contributed by atoms with Crippen molar-refractivity contribution < 1.29 is 9.59 Å². The fourth-order valence-corrected chi connectivity index (χ4v) is 4.74. The smallest absolute Gasteiger partial charge is 0.262 e. The molecule has 0 fully saturated rings. The predicted octanol–water partition coefficient (Wildman–Crippen LogP) is 4.33. The second-order valence-electron chi connectivity index (χ2n) is 9.23. The van der Waals surface area contributed by atoms with Gasteiger partial charge in [0.15, 0.2) is 5.16 Å². The van der Waals surface area contributed by atoms with Crippen LogP contribution in [0.25, 0.3) is 16.7 Å². The number of benzene rings is 2. The van der Waals surface area contributed by atoms with Gasteiger partial charge in [-0.3, -0.25) is 23.4 Å². The number of carbonyl (C=O) groups excluding carboxylic acids is 2. The van der Waals surface area contributed by atoms with E-state index < -0.39 is 0 Å². The average Bonchev–Trinajstić information content (AvgIpc) is 3.31. The zero-order chi connectivity index (χ0) is 26.7. The van der Waals surface area contributed by atoms with Crippen LogP contribution in [0.1, 0.15) is 55.1 Å². The Labute approximate surface area is 219 Å². The van der Waals surface area contributed by atoms with E-state index in [-0.39, 0.29) is 29.2 Å². The number of hydrogen-bond acceptors (Lipinski definition) is 6. The second kappa shape index (κ2) is 11.2. The molecular weight excluding hydrogens is 488 g/mol. The summed E-state index contributed by atoms with van der Waals surface area (Å²) in [6, 6.07) is 10.8. The number of aryl methyl sites for hydroxylation is 3. The number of nitrogens with zero attached hydrogens (tertiary/aromatic N) is 4. The van der Waals surface area contributed by atoms with Gasteiger partial charge in [-0.1, -0.05) is 31.7 Å². The second-order valence-corrected chi connectivity index (χ2v) is 10.2. The summed E-state index contributed by atoms with van der Waals surface area (Å²) in [6.07, 6.45) is 1.55. The van der Waals surface area contributed by atoms with Gasteiger partial charge in [0.25, 0.3) is 11.5 Å². The molecule has 4 rings (SSSR count). The highest BCUT2D eigenvalue weighted by molar-refractivity contribution is 7.99. The minimum Gasteiger partial charge on any atom is -0.350 e. The summed E-state index contributed by atoms with van der Waals surface area (Å²) in [5.41, 5.74) is 3.78. The van der Waals surface area contributed by atoms with Crippen LogP contribution in [0.5, 0.6) is 0 Å². The molecule has 0 radical (unpaired) electrons. The number of rotatable bonds is 9. The van der Waals surface area contributed by atoms with Crippen LogP contribution in [0.3, 0.4) is 0 Å². The van der Waals surface area contributed by atoms with Gasteiger partial charge in [-0.15, -0.1) is 10.2 Å². The molecule has 9 nitrogen and oxygen atoms in total. The van der Waals surface area contributed by atoms with E-state index >= 15 is 0 Å². The van der Waals surface area contributed by atoms with Gasteiger partial charge in [-0.05, 0) is 75.1 Å². The predicted molar refractivity (Wildman–Crippen MR) is 148 cm³/mol. The topological polar surface area (TPSA) is 110 Å². The Morgan fingerprint density at radius 3 is 2.54 bits per heavy atom. The fraction of sp³-hybridized carbons (Fsp3) is 0.370. The lowest BCUT2D eigenvalue weighted by Crippen LogP contribution is -2.32. The average molecular weight is 521 g/mol. The number of amides is 2. The Hall–Kier alpha value is -3.66. The van der Waals surface area contributed by atoms with Crippen molar-refractivity contribution in [2.45, 2.75) is 65.2 Å². The molecule has 0 aliphatic carbocycles. The zero-order valence-corrected chi connectivity index (χ0v) is 22.6. The molecule has 0 saturated heterocycles. The molecule has 194 valence electrons. The fourth-order valence-electron chi connectivity index (χ4n) is 4.00. The first kappa shape index (κ1) is 26.4. The van der Waals surface area contributed by atoms with Gasteiger partial charge in [0.05, 0.1) is 16.7 Å². The molecule has 10 heteroatoms. The van der Waals surface area contributed by atoms with E-state index in [1.165, 1.54) is 11.8 Å². The van der Waals surface area contributed by atoms with Crippen molar-refractivity contribution in [3.05, 3.63) is 63.4 Å². The van der Waals surface area contributed by atoms with Crippen LogP contribution >= 0.6 is 11.8 Å². The van der Waals surface area contributed by atoms with Gasteiger partial charge in [0.2, 0.25) is 11.7 Å². The van der Waals surface area contributed by atoms with Crippen LogP contribution in [0, 0.1) is 13.8 Å². The summed E-state index contributed by atoms with van der Waals surface area (Å²) < 4.78 is 3.36. The van der Waals surface area contributed by atoms with E-state index in [0.717, 1.165) is 29.7 Å². The molecule has 4 aromatic rings. The molecule has 0 aliphatic heterocycles. The number of aromatic nitrogens is 4. The summed E-state index contributed by atoms with van der Waals surface area (Å²) >= 11 is 1.23. The summed E-state index contributed by atoms with van der Waals surface area (Å²) in [5.74, 6) is 0.105. The maximum absolute atomic E-state index is 13.3. The van der Waals surface area contributed by atoms with Crippen molar-refractivity contribution in [2.75, 3.05) is 11.1 Å². The molecule has 2 amide bonds. The van der Waals surface area contributed by atoms with Crippen LogP contribution in [-0.4, -0.2) is 42.8 Å². The van der Waals surface area contributed by atoms with Crippen molar-refractivity contribution in [1.82, 2.24) is 24.5 Å². The summed E-state index contributed by atoms with van der Waals surface area (Å²) in [5, 5.41) is 15.4. The van der Waals surface area contributed by atoms with Gasteiger partial charge in [0, 0.05) is 23.8 Å². The van der Waals surface area contributed by atoms with Crippen molar-refractivity contribution in [3.8, 4) is 0 Å². The van der Waals surface area contributed by atoms with Gasteiger partial charge in [-0.25, -0.2) is 0 Å². The monoisotopic (exact) mass is 520 g/mol. The lowest BCUT2D eigenvalue weighted by molar-refractivity contribution is -0.113. The lowest BCUT2D eigenvalue weighted by atomic mass is 10.1. The highest BCUT2D eigenvalue weighted by Crippen LogP contribution is 2.23. The summed E-state index contributed by atoms with van der Waals surface area (Å²) in [6.45, 7) is 10.4. The first-order valence-corrected chi connectivity index (χ1v) is 13.4. The Morgan fingerprint density at radius 2 is 1.84 bits per heavy atom. The normalized spacial score (nSPS) is 12.1. The van der Waals surface area contributed by atoms with Crippen LogP contribution in [0.15, 0.2) is 46.3 Å². The van der Waals surface area contributed by atoms with Crippen LogP contribution in [0.4, 0.5) is 5.69 Å². The number of nitrogens with one attached hydrogen (secondary N) is 2. The van der Waals surface area contributed by atoms with Gasteiger partial charge in [0.1, 0.15) is 0 Å². The molecule has 1 atom stereocenters. The van der Waals surface area contributed by atoms with Crippen molar-refractivity contribution in [2.24, 2.45) is 0 Å². The SMILES string of the molecule is CCCn1c(=O)c2ccc(C(=O)NC(C)CC)cc2n2c(SCC(=O)Nc3ccc(C)c(C)c3)nnc12. The van der Waals surface area contributed by atoms with Gasteiger partial charge < -0.3 is 10.6 Å². The number of hydrogen-bond donors (Lipinski definition) is 2. The molecule has 0 bridgehead atoms. The molecule has 2 N–H and O–H groups in total. The van der Waals surface area contributed by atoms with E-state index in [1.807, 2.05) is 52.8 Å². The zero-order valence-electron chi connectivity index (χ0n) is 21.8. The van der Waals surface area contributed by atoms with E-state index in [9.17, 15) is 14.4 Å². The molecule has 37 heavy (non-hydrogen) atoms. The quantitative estimate of drug-likeness (QED) is 0.318. The molecule has 0 spiro atoms. The summed E-state index contributed by atoms with van der Waals surface area (Å²) in [7, 11) is 0. The molecule has 2 heterocycles. The van der Waals surface area contributed by atoms with Crippen molar-refractivity contribution >= 4 is 45.9 Å². The van der Waals surface area contributed by atoms with E-state index in [2.05, 4.69) is 20.8 Å². The molecule has 0 aliphatic rings. The first-order valence-electron chi connectivity index (χ1n) is 12.5. The van der Waals surface area contributed by atoms with Gasteiger partial charge >= 0.3 is 0 Å². The van der Waals surface area contributed by atoms with Crippen LogP contribution < -0.4 is 16.2 Å². The third kappa shape index (κ3) is 5.53. The Balaban J connectivity index is 1.71. The Kier molecular flexibility index (Phi) is 7.97. The van der Waals surface area contributed by atoms with Crippen molar-refractivity contribution in [3.63, 3.8) is 0 Å². The molecule has 2 aromatic carbocycles. The maximum atomic E-state index is 13.3. The van der Waals surface area contributed by atoms with E-state index in [4.69, 9.17) is 0 Å². The molecule has 1 unspecified atom stereocenters. The summed E-state index contributed by atoms with van der Waals surface area (Å²) in [4.78, 5) is 38.8. The number of thioether (sulfide) groups is 1. The van der Waals surface area contributed by atoms with E-state index in [0.29, 0.717) is 33.9 Å². The number of carbonyl (C=O) groups is 2. The standard InChI is InChI=1S/C27H32N6O3S/c1-6-12-32-25(36)21-11-9-19(24(35)28-18(5)7-2)14-22(21)33-26(32)30-31-27(33)37-15-23(34)29-20-10-8-16(3)17(4)13-20/h8-11,13-14,18H,6-7,12,15H2,1-5H3,(H,28,35)(H,29,34). The third-order valence-electron chi connectivity index (χ3n) is 6.39. The third-order valence-corrected chi connectivity index (χ3v) is 7.32. The first-order chi connectivity index (χ1) is 17.7. The highest BCUT2D eigenvalue weighted by atomic mass is 32.2.